The van der Waals surface area contributed by atoms with Gasteiger partial charge in [-0.25, -0.2) is 15.0 Å². The lowest BCUT2D eigenvalue weighted by atomic mass is 10.1. The third-order valence-electron chi connectivity index (χ3n) is 4.64. The van der Waals surface area contributed by atoms with Crippen LogP contribution < -0.4 is 0 Å². The molecule has 0 radical (unpaired) electrons. The van der Waals surface area contributed by atoms with Crippen molar-refractivity contribution in [3.8, 4) is 28.5 Å². The van der Waals surface area contributed by atoms with E-state index in [9.17, 15) is 0 Å². The molecule has 0 unspecified atom stereocenters. The Morgan fingerprint density at radius 3 is 2.56 bits per heavy atom. The van der Waals surface area contributed by atoms with Crippen molar-refractivity contribution >= 4 is 11.6 Å². The van der Waals surface area contributed by atoms with Crippen molar-refractivity contribution in [3.63, 3.8) is 0 Å². The fourth-order valence-corrected chi connectivity index (χ4v) is 3.15. The zero-order valence-electron chi connectivity index (χ0n) is 14.5. The van der Waals surface area contributed by atoms with Crippen LogP contribution in [0.4, 0.5) is 0 Å². The summed E-state index contributed by atoms with van der Waals surface area (Å²) in [5.41, 5.74) is 4.82. The van der Waals surface area contributed by atoms with Gasteiger partial charge in [0.25, 0.3) is 0 Å². The molecule has 0 bridgehead atoms. The molecular weight excluding hydrogens is 358 g/mol. The molecule has 1 fully saturated rings. The van der Waals surface area contributed by atoms with E-state index in [-0.39, 0.29) is 0 Å². The van der Waals surface area contributed by atoms with Crippen LogP contribution in [0.5, 0.6) is 0 Å². The van der Waals surface area contributed by atoms with Gasteiger partial charge >= 0.3 is 0 Å². The van der Waals surface area contributed by atoms with Gasteiger partial charge in [-0.15, -0.1) is 0 Å². The van der Waals surface area contributed by atoms with Crippen molar-refractivity contribution in [1.29, 1.82) is 0 Å². The Bertz CT molecular complexity index is 1090. The molecule has 3 aromatic heterocycles. The number of halogens is 1. The maximum absolute atomic E-state index is 6.03. The Morgan fingerprint density at radius 1 is 0.963 bits per heavy atom. The highest BCUT2D eigenvalue weighted by Crippen LogP contribution is 2.40. The van der Waals surface area contributed by atoms with Gasteiger partial charge in [0.1, 0.15) is 6.33 Å². The molecule has 5 rings (SSSR count). The van der Waals surface area contributed by atoms with E-state index in [1.54, 1.807) is 18.7 Å². The molecule has 5 nitrogen and oxygen atoms in total. The topological polar surface area (TPSA) is 56.5 Å². The van der Waals surface area contributed by atoms with Gasteiger partial charge in [0.2, 0.25) is 5.95 Å². The van der Waals surface area contributed by atoms with E-state index in [0.717, 1.165) is 28.2 Å². The average molecular weight is 374 g/mol. The predicted molar refractivity (Wildman–Crippen MR) is 105 cm³/mol. The zero-order valence-corrected chi connectivity index (χ0v) is 15.2. The summed E-state index contributed by atoms with van der Waals surface area (Å²) in [5, 5.41) is 0.714. The first-order chi connectivity index (χ1) is 13.3. The summed E-state index contributed by atoms with van der Waals surface area (Å²) in [4.78, 5) is 18.2. The largest absolute Gasteiger partial charge is 0.274 e. The van der Waals surface area contributed by atoms with Crippen LogP contribution in [0.1, 0.15) is 24.5 Å². The van der Waals surface area contributed by atoms with Crippen molar-refractivity contribution in [2.75, 3.05) is 0 Å². The normalized spacial score (nSPS) is 13.7. The van der Waals surface area contributed by atoms with Crippen LogP contribution in [0.2, 0.25) is 5.02 Å². The average Bonchev–Trinajstić information content (AvgIpc) is 3.45. The molecule has 1 aliphatic rings. The number of rotatable bonds is 4. The monoisotopic (exact) mass is 373 g/mol. The minimum Gasteiger partial charge on any atom is -0.274 e. The Kier molecular flexibility index (Phi) is 3.94. The number of benzene rings is 1. The number of aromatic nitrogens is 5. The molecule has 4 aromatic rings. The summed E-state index contributed by atoms with van der Waals surface area (Å²) in [6, 6.07) is 13.7. The maximum Gasteiger partial charge on any atom is 0.235 e. The Balaban J connectivity index is 1.58. The van der Waals surface area contributed by atoms with Crippen molar-refractivity contribution in [1.82, 2.24) is 24.5 Å². The van der Waals surface area contributed by atoms with Crippen molar-refractivity contribution in [2.45, 2.75) is 18.8 Å². The summed E-state index contributed by atoms with van der Waals surface area (Å²) in [5.74, 6) is 1.16. The Labute approximate surface area is 161 Å². The molecule has 0 aliphatic heterocycles. The van der Waals surface area contributed by atoms with E-state index in [4.69, 9.17) is 21.6 Å². The first-order valence-electron chi connectivity index (χ1n) is 8.86. The molecule has 6 heteroatoms. The Morgan fingerprint density at radius 2 is 1.81 bits per heavy atom. The van der Waals surface area contributed by atoms with E-state index in [1.807, 2.05) is 47.2 Å². The molecule has 0 saturated heterocycles. The summed E-state index contributed by atoms with van der Waals surface area (Å²) in [6.07, 6.45) is 9.60. The third-order valence-corrected chi connectivity index (χ3v) is 4.89. The van der Waals surface area contributed by atoms with E-state index >= 15 is 0 Å². The van der Waals surface area contributed by atoms with Crippen LogP contribution in [-0.2, 0) is 0 Å². The zero-order chi connectivity index (χ0) is 18.2. The van der Waals surface area contributed by atoms with Gasteiger partial charge in [0.05, 0.1) is 11.4 Å². The second-order valence-electron chi connectivity index (χ2n) is 6.67. The highest BCUT2D eigenvalue weighted by atomic mass is 35.5. The van der Waals surface area contributed by atoms with Crippen LogP contribution in [0, 0.1) is 0 Å². The van der Waals surface area contributed by atoms with E-state index in [1.165, 1.54) is 12.8 Å². The van der Waals surface area contributed by atoms with Crippen LogP contribution >= 0.6 is 11.6 Å². The highest BCUT2D eigenvalue weighted by molar-refractivity contribution is 6.30. The standard InChI is InChI=1S/C21H16ClN5/c22-17-7-5-15(6-8-17)19-10-18(14-3-4-14)25-21(26-19)27-12-20(24-13-27)16-2-1-9-23-11-16/h1-2,5-14H,3-4H2. The van der Waals surface area contributed by atoms with Gasteiger partial charge in [-0.3, -0.25) is 9.55 Å². The fraction of sp³-hybridized carbons (Fsp3) is 0.143. The summed E-state index contributed by atoms with van der Waals surface area (Å²) < 4.78 is 1.87. The molecule has 3 heterocycles. The van der Waals surface area contributed by atoms with E-state index in [2.05, 4.69) is 16.0 Å². The second kappa shape index (κ2) is 6.59. The van der Waals surface area contributed by atoms with Gasteiger partial charge in [-0.1, -0.05) is 23.7 Å². The first-order valence-corrected chi connectivity index (χ1v) is 9.24. The fourth-order valence-electron chi connectivity index (χ4n) is 3.02. The number of hydrogen-bond donors (Lipinski definition) is 0. The number of pyridine rings is 1. The first kappa shape index (κ1) is 16.1. The van der Waals surface area contributed by atoms with Crippen LogP contribution in [0.15, 0.2) is 67.4 Å². The molecule has 0 spiro atoms. The van der Waals surface area contributed by atoms with Gasteiger partial charge in [0.15, 0.2) is 0 Å². The molecule has 1 aromatic carbocycles. The molecule has 27 heavy (non-hydrogen) atoms. The molecule has 1 aliphatic carbocycles. The number of nitrogens with zero attached hydrogens (tertiary/aromatic N) is 5. The third kappa shape index (κ3) is 3.34. The minimum absolute atomic E-state index is 0.527. The minimum atomic E-state index is 0.527. The molecule has 0 amide bonds. The van der Waals surface area contributed by atoms with Gasteiger partial charge in [0, 0.05) is 46.4 Å². The maximum atomic E-state index is 6.03. The molecule has 0 atom stereocenters. The second-order valence-corrected chi connectivity index (χ2v) is 7.10. The quantitative estimate of drug-likeness (QED) is 0.509. The van der Waals surface area contributed by atoms with Crippen LogP contribution in [-0.4, -0.2) is 24.5 Å². The van der Waals surface area contributed by atoms with Gasteiger partial charge in [-0.05, 0) is 43.2 Å². The lowest BCUT2D eigenvalue weighted by Crippen LogP contribution is -2.03. The molecule has 0 N–H and O–H groups in total. The van der Waals surface area contributed by atoms with E-state index in [0.29, 0.717) is 16.9 Å². The van der Waals surface area contributed by atoms with Crippen molar-refractivity contribution in [2.24, 2.45) is 0 Å². The molecule has 1 saturated carbocycles. The molecular formula is C21H16ClN5. The van der Waals surface area contributed by atoms with Crippen LogP contribution in [0.3, 0.4) is 0 Å². The van der Waals surface area contributed by atoms with Gasteiger partial charge in [-0.2, -0.15) is 0 Å². The highest BCUT2D eigenvalue weighted by Gasteiger charge is 2.26. The smallest absolute Gasteiger partial charge is 0.235 e. The van der Waals surface area contributed by atoms with Crippen molar-refractivity contribution < 1.29 is 0 Å². The van der Waals surface area contributed by atoms with E-state index < -0.39 is 0 Å². The lowest BCUT2D eigenvalue weighted by molar-refractivity contribution is 0.885. The number of imidazole rings is 1. The molecule has 132 valence electrons. The lowest BCUT2D eigenvalue weighted by Gasteiger charge is -2.08. The SMILES string of the molecule is Clc1ccc(-c2cc(C3CC3)nc(-n3cnc(-c4cccnc4)c3)n2)cc1. The van der Waals surface area contributed by atoms with Crippen molar-refractivity contribution in [3.05, 3.63) is 78.1 Å². The summed E-state index contributed by atoms with van der Waals surface area (Å²) in [6.45, 7) is 0. The van der Waals surface area contributed by atoms with Crippen LogP contribution in [0.25, 0.3) is 28.5 Å². The predicted octanol–water partition coefficient (Wildman–Crippen LogP) is 4.92. The Hall–Kier alpha value is -3.05. The summed E-state index contributed by atoms with van der Waals surface area (Å²) in [7, 11) is 0. The summed E-state index contributed by atoms with van der Waals surface area (Å²) >= 11 is 6.03. The van der Waals surface area contributed by atoms with Gasteiger partial charge < -0.3 is 0 Å². The number of hydrogen-bond acceptors (Lipinski definition) is 4.